The first kappa shape index (κ1) is 14.0. The number of hydrogen-bond acceptors (Lipinski definition) is 0. The summed E-state index contributed by atoms with van der Waals surface area (Å²) in [5.74, 6) is 0. The van der Waals surface area contributed by atoms with Crippen LogP contribution in [-0.4, -0.2) is 0 Å². The zero-order chi connectivity index (χ0) is 11.5. The normalized spacial score (nSPS) is 13.5. The largest absolute Gasteiger partial charge is 0.0988 e. The predicted octanol–water partition coefficient (Wildman–Crippen LogP) is 5.20. The summed E-state index contributed by atoms with van der Waals surface area (Å²) in [6.07, 6.45) is 15.4. The van der Waals surface area contributed by atoms with Gasteiger partial charge < -0.3 is 0 Å². The molecule has 0 amide bonds. The van der Waals surface area contributed by atoms with Crippen LogP contribution in [-0.2, 0) is 0 Å². The molecule has 0 aliphatic rings. The van der Waals surface area contributed by atoms with E-state index in [4.69, 9.17) is 0 Å². The Labute approximate surface area is 95.1 Å². The maximum atomic E-state index is 3.73. The van der Waals surface area contributed by atoms with E-state index in [1.807, 2.05) is 6.08 Å². The second kappa shape index (κ2) is 9.51. The fourth-order valence-corrected chi connectivity index (χ4v) is 1.32. The maximum Gasteiger partial charge on any atom is -0.0310 e. The van der Waals surface area contributed by atoms with E-state index in [0.29, 0.717) is 0 Å². The van der Waals surface area contributed by atoms with Gasteiger partial charge in [-0.25, -0.2) is 0 Å². The molecule has 0 saturated carbocycles. The molecule has 0 saturated heterocycles. The van der Waals surface area contributed by atoms with Gasteiger partial charge in [0.05, 0.1) is 0 Å². The molecule has 0 radical (unpaired) electrons. The number of unbranched alkanes of at least 4 members (excludes halogenated alkanes) is 1. The fourth-order valence-electron chi connectivity index (χ4n) is 1.32. The van der Waals surface area contributed by atoms with Crippen LogP contribution < -0.4 is 0 Å². The van der Waals surface area contributed by atoms with Gasteiger partial charge in [-0.15, -0.1) is 0 Å². The van der Waals surface area contributed by atoms with Crippen molar-refractivity contribution in [2.45, 2.75) is 46.5 Å². The average molecular weight is 204 g/mol. The zero-order valence-electron chi connectivity index (χ0n) is 10.4. The summed E-state index contributed by atoms with van der Waals surface area (Å²) >= 11 is 0. The minimum atomic E-state index is 1.11. The summed E-state index contributed by atoms with van der Waals surface area (Å²) in [6.45, 7) is 10.2. The molecule has 0 nitrogen and oxygen atoms in total. The molecule has 84 valence electrons. The molecule has 0 rings (SSSR count). The van der Waals surface area contributed by atoms with Crippen LogP contribution >= 0.6 is 0 Å². The number of rotatable bonds is 7. The van der Waals surface area contributed by atoms with Gasteiger partial charge in [-0.3, -0.25) is 0 Å². The molecule has 0 spiro atoms. The monoisotopic (exact) mass is 204 g/mol. The lowest BCUT2D eigenvalue weighted by atomic mass is 10.1. The highest BCUT2D eigenvalue weighted by atomic mass is 13.9. The summed E-state index contributed by atoms with van der Waals surface area (Å²) in [5.41, 5.74) is 2.71. The van der Waals surface area contributed by atoms with Crippen molar-refractivity contribution in [3.8, 4) is 0 Å². The van der Waals surface area contributed by atoms with Crippen LogP contribution in [0.5, 0.6) is 0 Å². The molecule has 0 aromatic carbocycles. The molecule has 0 unspecified atom stereocenters. The lowest BCUT2D eigenvalue weighted by Gasteiger charge is -1.95. The lowest BCUT2D eigenvalue weighted by Crippen LogP contribution is -1.75. The Morgan fingerprint density at radius 2 is 1.87 bits per heavy atom. The Morgan fingerprint density at radius 3 is 2.40 bits per heavy atom. The van der Waals surface area contributed by atoms with E-state index in [0.717, 1.165) is 25.7 Å². The van der Waals surface area contributed by atoms with Gasteiger partial charge in [-0.05, 0) is 32.6 Å². The van der Waals surface area contributed by atoms with Crippen molar-refractivity contribution < 1.29 is 0 Å². The van der Waals surface area contributed by atoms with Crippen molar-refractivity contribution in [3.05, 3.63) is 48.1 Å². The SMILES string of the molecule is C=C/C(C)=C\CC/C=C\C(=C/CC)CC. The first-order chi connectivity index (χ1) is 7.24. The molecule has 0 fully saturated rings. The van der Waals surface area contributed by atoms with Crippen LogP contribution in [0.25, 0.3) is 0 Å². The van der Waals surface area contributed by atoms with E-state index in [9.17, 15) is 0 Å². The topological polar surface area (TPSA) is 0 Å². The van der Waals surface area contributed by atoms with E-state index < -0.39 is 0 Å². The van der Waals surface area contributed by atoms with Gasteiger partial charge in [0.1, 0.15) is 0 Å². The molecule has 0 heterocycles. The predicted molar refractivity (Wildman–Crippen MR) is 71.0 cm³/mol. The second-order valence-corrected chi connectivity index (χ2v) is 3.67. The molecule has 0 aliphatic heterocycles. The van der Waals surface area contributed by atoms with Gasteiger partial charge in [-0.1, -0.05) is 62.0 Å². The standard InChI is InChI=1S/C15H24/c1-5-11-15(7-3)13-10-8-9-12-14(4)6-2/h6,10-13H,2,5,7-9H2,1,3-4H3/b13-10-,14-12-,15-11-. The van der Waals surface area contributed by atoms with Crippen LogP contribution in [0.4, 0.5) is 0 Å². The van der Waals surface area contributed by atoms with E-state index in [1.54, 1.807) is 0 Å². The minimum absolute atomic E-state index is 1.11. The summed E-state index contributed by atoms with van der Waals surface area (Å²) in [6, 6.07) is 0. The first-order valence-electron chi connectivity index (χ1n) is 5.89. The van der Waals surface area contributed by atoms with Crippen molar-refractivity contribution in [2.24, 2.45) is 0 Å². The summed E-state index contributed by atoms with van der Waals surface area (Å²) in [7, 11) is 0. The van der Waals surface area contributed by atoms with Crippen molar-refractivity contribution in [1.29, 1.82) is 0 Å². The Hall–Kier alpha value is -1.04. The van der Waals surface area contributed by atoms with Crippen molar-refractivity contribution in [3.63, 3.8) is 0 Å². The fraction of sp³-hybridized carbons (Fsp3) is 0.467. The Bertz CT molecular complexity index is 251. The van der Waals surface area contributed by atoms with Crippen molar-refractivity contribution >= 4 is 0 Å². The highest BCUT2D eigenvalue weighted by Gasteiger charge is 1.86. The zero-order valence-corrected chi connectivity index (χ0v) is 10.4. The molecule has 0 aromatic rings. The third kappa shape index (κ3) is 7.99. The van der Waals surface area contributed by atoms with Gasteiger partial charge in [0.25, 0.3) is 0 Å². The van der Waals surface area contributed by atoms with Gasteiger partial charge in [0.15, 0.2) is 0 Å². The molecule has 0 atom stereocenters. The van der Waals surface area contributed by atoms with E-state index in [2.05, 4.69) is 51.7 Å². The van der Waals surface area contributed by atoms with E-state index >= 15 is 0 Å². The third-order valence-corrected chi connectivity index (χ3v) is 2.33. The molecule has 0 bridgehead atoms. The van der Waals surface area contributed by atoms with Crippen LogP contribution in [0.15, 0.2) is 48.1 Å². The highest BCUT2D eigenvalue weighted by Crippen LogP contribution is 2.06. The molecule has 15 heavy (non-hydrogen) atoms. The number of allylic oxidation sites excluding steroid dienone is 7. The van der Waals surface area contributed by atoms with Crippen molar-refractivity contribution in [1.82, 2.24) is 0 Å². The Balaban J connectivity index is 3.89. The summed E-state index contributed by atoms with van der Waals surface area (Å²) < 4.78 is 0. The Morgan fingerprint density at radius 1 is 1.13 bits per heavy atom. The van der Waals surface area contributed by atoms with Gasteiger partial charge >= 0.3 is 0 Å². The molecule has 0 heteroatoms. The first-order valence-corrected chi connectivity index (χ1v) is 5.89. The van der Waals surface area contributed by atoms with Gasteiger partial charge in [0.2, 0.25) is 0 Å². The quantitative estimate of drug-likeness (QED) is 0.395. The summed E-state index contributed by atoms with van der Waals surface area (Å²) in [4.78, 5) is 0. The molecular formula is C15H24. The lowest BCUT2D eigenvalue weighted by molar-refractivity contribution is 1.03. The molecule has 0 N–H and O–H groups in total. The van der Waals surface area contributed by atoms with Crippen molar-refractivity contribution in [2.75, 3.05) is 0 Å². The summed E-state index contributed by atoms with van der Waals surface area (Å²) in [5, 5.41) is 0. The maximum absolute atomic E-state index is 3.73. The van der Waals surface area contributed by atoms with Gasteiger partial charge in [0, 0.05) is 0 Å². The van der Waals surface area contributed by atoms with Crippen LogP contribution in [0.1, 0.15) is 46.5 Å². The smallest absolute Gasteiger partial charge is 0.0310 e. The van der Waals surface area contributed by atoms with Crippen LogP contribution in [0.2, 0.25) is 0 Å². The third-order valence-electron chi connectivity index (χ3n) is 2.33. The van der Waals surface area contributed by atoms with Gasteiger partial charge in [-0.2, -0.15) is 0 Å². The molecular weight excluding hydrogens is 180 g/mol. The highest BCUT2D eigenvalue weighted by molar-refractivity contribution is 5.18. The van der Waals surface area contributed by atoms with E-state index in [-0.39, 0.29) is 0 Å². The molecule has 0 aromatic heterocycles. The second-order valence-electron chi connectivity index (χ2n) is 3.67. The van der Waals surface area contributed by atoms with Crippen LogP contribution in [0, 0.1) is 0 Å². The average Bonchev–Trinajstić information content (AvgIpc) is 2.26. The Kier molecular flexibility index (Phi) is 8.85. The molecule has 0 aliphatic carbocycles. The van der Waals surface area contributed by atoms with E-state index in [1.165, 1.54) is 11.1 Å². The van der Waals surface area contributed by atoms with Crippen LogP contribution in [0.3, 0.4) is 0 Å². The number of hydrogen-bond donors (Lipinski definition) is 0. The minimum Gasteiger partial charge on any atom is -0.0988 e.